The molecule has 1 N–H and O–H groups in total. The van der Waals surface area contributed by atoms with E-state index in [1.165, 1.54) is 24.3 Å². The van der Waals surface area contributed by atoms with E-state index in [0.29, 0.717) is 28.3 Å². The van der Waals surface area contributed by atoms with E-state index in [1.54, 1.807) is 19.1 Å². The van der Waals surface area contributed by atoms with Gasteiger partial charge >= 0.3 is 0 Å². The van der Waals surface area contributed by atoms with Gasteiger partial charge in [0.2, 0.25) is 5.91 Å². The van der Waals surface area contributed by atoms with Crippen LogP contribution in [0.1, 0.15) is 11.3 Å². The third-order valence-electron chi connectivity index (χ3n) is 4.90. The number of amides is 3. The van der Waals surface area contributed by atoms with Gasteiger partial charge in [0.05, 0.1) is 21.1 Å². The van der Waals surface area contributed by atoms with Gasteiger partial charge in [-0.25, -0.2) is 8.78 Å². The van der Waals surface area contributed by atoms with Crippen LogP contribution in [0.3, 0.4) is 0 Å². The van der Waals surface area contributed by atoms with E-state index in [2.05, 4.69) is 5.32 Å². The van der Waals surface area contributed by atoms with E-state index in [0.717, 1.165) is 12.1 Å². The Bertz CT molecular complexity index is 1420. The zero-order valence-electron chi connectivity index (χ0n) is 17.9. The first-order chi connectivity index (χ1) is 16.6. The first-order valence-corrected chi connectivity index (χ1v) is 10.8. The van der Waals surface area contributed by atoms with Crippen molar-refractivity contribution in [3.8, 4) is 11.3 Å². The Morgan fingerprint density at radius 3 is 2.66 bits per heavy atom. The van der Waals surface area contributed by atoms with Crippen LogP contribution in [-0.4, -0.2) is 33.4 Å². The van der Waals surface area contributed by atoms with Crippen molar-refractivity contribution in [3.63, 3.8) is 0 Å². The molecule has 35 heavy (non-hydrogen) atoms. The summed E-state index contributed by atoms with van der Waals surface area (Å²) in [7, 11) is 0. The summed E-state index contributed by atoms with van der Waals surface area (Å²) >= 11 is 0.572. The maximum Gasteiger partial charge on any atom is 0.294 e. The second-order valence-electron chi connectivity index (χ2n) is 7.42. The number of benzene rings is 2. The molecule has 0 radical (unpaired) electrons. The number of anilines is 1. The molecule has 0 saturated carbocycles. The fourth-order valence-electron chi connectivity index (χ4n) is 3.27. The Morgan fingerprint density at radius 1 is 1.17 bits per heavy atom. The number of aryl methyl sites for hydroxylation is 1. The number of hydrogen-bond donors (Lipinski definition) is 1. The number of hydrogen-bond acceptors (Lipinski definition) is 7. The van der Waals surface area contributed by atoms with Crippen LogP contribution in [0.4, 0.5) is 25.0 Å². The predicted molar refractivity (Wildman–Crippen MR) is 123 cm³/mol. The minimum absolute atomic E-state index is 0.0323. The van der Waals surface area contributed by atoms with Gasteiger partial charge in [-0.05, 0) is 54.6 Å². The molecular weight excluding hydrogens is 484 g/mol. The Kier molecular flexibility index (Phi) is 6.47. The van der Waals surface area contributed by atoms with Gasteiger partial charge in [-0.15, -0.1) is 0 Å². The summed E-state index contributed by atoms with van der Waals surface area (Å²) in [5, 5.41) is 12.8. The smallest absolute Gasteiger partial charge is 0.294 e. The van der Waals surface area contributed by atoms with Crippen molar-refractivity contribution in [1.82, 2.24) is 4.90 Å². The molecule has 12 heteroatoms. The maximum atomic E-state index is 13.7. The Labute approximate surface area is 200 Å². The van der Waals surface area contributed by atoms with E-state index in [4.69, 9.17) is 4.42 Å². The van der Waals surface area contributed by atoms with Crippen LogP contribution < -0.4 is 5.32 Å². The van der Waals surface area contributed by atoms with Crippen LogP contribution in [-0.2, 0) is 9.59 Å². The third-order valence-corrected chi connectivity index (χ3v) is 5.80. The van der Waals surface area contributed by atoms with Crippen LogP contribution in [0.5, 0.6) is 0 Å². The van der Waals surface area contributed by atoms with Crippen molar-refractivity contribution in [2.45, 2.75) is 6.92 Å². The molecule has 0 atom stereocenters. The van der Waals surface area contributed by atoms with Gasteiger partial charge in [-0.1, -0.05) is 6.07 Å². The molecule has 0 unspecified atom stereocenters. The molecule has 4 rings (SSSR count). The summed E-state index contributed by atoms with van der Waals surface area (Å²) < 4.78 is 32.4. The monoisotopic (exact) mass is 499 g/mol. The van der Waals surface area contributed by atoms with E-state index >= 15 is 0 Å². The highest BCUT2D eigenvalue weighted by Crippen LogP contribution is 2.35. The summed E-state index contributed by atoms with van der Waals surface area (Å²) in [4.78, 5) is 48.6. The number of halogens is 2. The molecule has 1 aromatic heterocycles. The van der Waals surface area contributed by atoms with Gasteiger partial charge in [0.1, 0.15) is 29.7 Å². The highest BCUT2D eigenvalue weighted by atomic mass is 32.2. The minimum atomic E-state index is -1.00. The van der Waals surface area contributed by atoms with Gasteiger partial charge < -0.3 is 9.73 Å². The number of furan rings is 1. The molecule has 0 aliphatic carbocycles. The molecule has 2 aromatic carbocycles. The molecule has 9 nitrogen and oxygen atoms in total. The number of carbonyl (C=O) groups is 3. The molecule has 2 heterocycles. The van der Waals surface area contributed by atoms with Crippen LogP contribution in [0.15, 0.2) is 57.9 Å². The van der Waals surface area contributed by atoms with E-state index in [1.807, 2.05) is 0 Å². The first kappa shape index (κ1) is 23.8. The summed E-state index contributed by atoms with van der Waals surface area (Å²) in [6.07, 6.45) is 1.28. The lowest BCUT2D eigenvalue weighted by Crippen LogP contribution is -2.36. The summed E-state index contributed by atoms with van der Waals surface area (Å²) in [6.45, 7) is 1.04. The normalized spacial score (nSPS) is 14.6. The lowest BCUT2D eigenvalue weighted by Gasteiger charge is -2.12. The maximum absolute atomic E-state index is 13.7. The topological polar surface area (TPSA) is 123 Å². The van der Waals surface area contributed by atoms with Crippen molar-refractivity contribution in [2.75, 3.05) is 11.9 Å². The van der Waals surface area contributed by atoms with Gasteiger partial charge in [0.25, 0.3) is 16.8 Å². The Morgan fingerprint density at radius 2 is 1.94 bits per heavy atom. The fourth-order valence-corrected chi connectivity index (χ4v) is 4.08. The number of nitro groups is 1. The highest BCUT2D eigenvalue weighted by Gasteiger charge is 2.36. The fraction of sp³-hybridized carbons (Fsp3) is 0.0870. The van der Waals surface area contributed by atoms with Crippen molar-refractivity contribution in [2.24, 2.45) is 0 Å². The van der Waals surface area contributed by atoms with Gasteiger partial charge in [-0.2, -0.15) is 0 Å². The van der Waals surface area contributed by atoms with Crippen molar-refractivity contribution >= 4 is 46.3 Å². The number of nitro benzene ring substituents is 1. The first-order valence-electron chi connectivity index (χ1n) is 9.98. The number of carbonyl (C=O) groups excluding carboxylic acids is 3. The third kappa shape index (κ3) is 5.11. The number of nitrogens with zero attached hydrogens (tertiary/aromatic N) is 2. The zero-order chi connectivity index (χ0) is 25.3. The summed E-state index contributed by atoms with van der Waals surface area (Å²) in [6, 6.07) is 10.2. The quantitative estimate of drug-likeness (QED) is 0.284. The van der Waals surface area contributed by atoms with Gasteiger partial charge in [0.15, 0.2) is 0 Å². The molecule has 1 aliphatic rings. The van der Waals surface area contributed by atoms with Crippen molar-refractivity contribution in [3.05, 3.63) is 86.5 Å². The van der Waals surface area contributed by atoms with E-state index in [-0.39, 0.29) is 33.4 Å². The van der Waals surface area contributed by atoms with Crippen molar-refractivity contribution < 1.29 is 32.5 Å². The van der Waals surface area contributed by atoms with Crippen LogP contribution >= 0.6 is 11.8 Å². The number of thioether (sulfide) groups is 1. The molecule has 1 fully saturated rings. The molecule has 0 bridgehead atoms. The van der Waals surface area contributed by atoms with Gasteiger partial charge in [0, 0.05) is 18.2 Å². The van der Waals surface area contributed by atoms with Gasteiger partial charge in [-0.3, -0.25) is 29.4 Å². The molecule has 3 aromatic rings. The lowest BCUT2D eigenvalue weighted by atomic mass is 10.1. The lowest BCUT2D eigenvalue weighted by molar-refractivity contribution is -0.384. The molecule has 3 amide bonds. The number of nitrogens with one attached hydrogen (secondary N) is 1. The molecule has 0 spiro atoms. The zero-order valence-corrected chi connectivity index (χ0v) is 18.7. The second-order valence-corrected chi connectivity index (χ2v) is 8.41. The second kappa shape index (κ2) is 9.50. The highest BCUT2D eigenvalue weighted by molar-refractivity contribution is 8.18. The Balaban J connectivity index is 1.49. The Hall–Kier alpha value is -4.32. The van der Waals surface area contributed by atoms with Crippen LogP contribution in [0.2, 0.25) is 0 Å². The number of rotatable bonds is 6. The minimum Gasteiger partial charge on any atom is -0.456 e. The molecular formula is C23H15F2N3O6S. The number of imide groups is 1. The standard InChI is InChI=1S/C23H15F2N3O6S/c1-12-2-5-15(18(8-12)28(32)33)19-7-4-14(34-19)10-20-22(30)27(23(31)35-20)11-21(29)26-17-6-3-13(24)9-16(17)25/h2-10H,11H2,1H3,(H,26,29)/b20-10+. The predicted octanol–water partition coefficient (Wildman–Crippen LogP) is 5.12. The van der Waals surface area contributed by atoms with Crippen LogP contribution in [0.25, 0.3) is 17.4 Å². The molecule has 1 aliphatic heterocycles. The largest absolute Gasteiger partial charge is 0.456 e. The summed E-state index contributed by atoms with van der Waals surface area (Å²) in [5.41, 5.74) is 0.507. The summed E-state index contributed by atoms with van der Waals surface area (Å²) in [5.74, 6) is -3.09. The average Bonchev–Trinajstić information content (AvgIpc) is 3.36. The van der Waals surface area contributed by atoms with E-state index in [9.17, 15) is 33.3 Å². The van der Waals surface area contributed by atoms with Crippen molar-refractivity contribution in [1.29, 1.82) is 0 Å². The van der Waals surface area contributed by atoms with E-state index < -0.39 is 40.2 Å². The molecule has 178 valence electrons. The average molecular weight is 499 g/mol. The SMILES string of the molecule is Cc1ccc(-c2ccc(/C=C3/SC(=O)N(CC(=O)Nc4ccc(F)cc4F)C3=O)o2)c([N+](=O)[O-])c1. The molecule has 1 saturated heterocycles. The van der Waals surface area contributed by atoms with Crippen LogP contribution in [0, 0.1) is 28.7 Å².